The Labute approximate surface area is 162 Å². The zero-order valence-corrected chi connectivity index (χ0v) is 16.1. The summed E-state index contributed by atoms with van der Waals surface area (Å²) in [5, 5.41) is 3.44. The molecular weight excluding hydrogens is 402 g/mol. The third-order valence-electron chi connectivity index (χ3n) is 4.63. The molecule has 4 aromatic carbocycles. The average Bonchev–Trinajstić information content (AvgIpc) is 3.08. The monoisotopic (exact) mass is 418 g/mol. The van der Waals surface area contributed by atoms with Gasteiger partial charge in [0.05, 0.1) is 0 Å². The SMILES string of the molecule is Fc1ccc(-c2c([Se]c3ccccc3)oc3ccc4ccccc4c23)cc1. The van der Waals surface area contributed by atoms with Crippen molar-refractivity contribution in [2.75, 3.05) is 0 Å². The van der Waals surface area contributed by atoms with Crippen LogP contribution in [0.4, 0.5) is 4.39 Å². The minimum absolute atomic E-state index is 0.0190. The van der Waals surface area contributed by atoms with Crippen LogP contribution in [0.15, 0.2) is 95.4 Å². The van der Waals surface area contributed by atoms with E-state index in [4.69, 9.17) is 4.42 Å². The molecule has 0 radical (unpaired) electrons. The Balaban J connectivity index is 1.82. The number of fused-ring (bicyclic) bond motifs is 3. The molecule has 0 bridgehead atoms. The first-order chi connectivity index (χ1) is 13.3. The van der Waals surface area contributed by atoms with E-state index in [1.807, 2.05) is 48.5 Å². The van der Waals surface area contributed by atoms with Crippen LogP contribution in [0, 0.1) is 5.82 Å². The molecule has 5 aromatic rings. The van der Waals surface area contributed by atoms with Crippen LogP contribution in [0.1, 0.15) is 0 Å². The molecule has 0 spiro atoms. The minimum atomic E-state index is -0.230. The molecule has 0 amide bonds. The van der Waals surface area contributed by atoms with Crippen LogP contribution in [-0.4, -0.2) is 15.0 Å². The van der Waals surface area contributed by atoms with Crippen LogP contribution in [0.5, 0.6) is 0 Å². The predicted molar refractivity (Wildman–Crippen MR) is 111 cm³/mol. The topological polar surface area (TPSA) is 13.1 Å². The fraction of sp³-hybridized carbons (Fsp3) is 0. The fourth-order valence-corrected chi connectivity index (χ4v) is 5.41. The summed E-state index contributed by atoms with van der Waals surface area (Å²) in [7, 11) is 0. The molecule has 0 N–H and O–H groups in total. The number of rotatable bonds is 3. The van der Waals surface area contributed by atoms with Crippen LogP contribution < -0.4 is 9.12 Å². The maximum absolute atomic E-state index is 13.5. The third-order valence-corrected chi connectivity index (χ3v) is 6.69. The van der Waals surface area contributed by atoms with Gasteiger partial charge >= 0.3 is 163 Å². The average molecular weight is 417 g/mol. The van der Waals surface area contributed by atoms with Gasteiger partial charge in [0.1, 0.15) is 0 Å². The van der Waals surface area contributed by atoms with Gasteiger partial charge in [-0.1, -0.05) is 0 Å². The quantitative estimate of drug-likeness (QED) is 0.375. The zero-order valence-electron chi connectivity index (χ0n) is 14.4. The van der Waals surface area contributed by atoms with E-state index in [1.54, 1.807) is 0 Å². The van der Waals surface area contributed by atoms with Crippen LogP contribution >= 0.6 is 0 Å². The molecule has 0 atom stereocenters. The summed E-state index contributed by atoms with van der Waals surface area (Å²) in [5.41, 5.74) is 2.94. The second kappa shape index (κ2) is 6.70. The molecule has 0 aliphatic rings. The van der Waals surface area contributed by atoms with E-state index in [0.717, 1.165) is 32.1 Å². The van der Waals surface area contributed by atoms with Crippen LogP contribution in [0.2, 0.25) is 0 Å². The fourth-order valence-electron chi connectivity index (χ4n) is 3.39. The van der Waals surface area contributed by atoms with Gasteiger partial charge in [-0.05, 0) is 0 Å². The first kappa shape index (κ1) is 16.3. The Bertz CT molecular complexity index is 1240. The Morgan fingerprint density at radius 2 is 1.44 bits per heavy atom. The van der Waals surface area contributed by atoms with Gasteiger partial charge in [-0.2, -0.15) is 0 Å². The molecule has 130 valence electrons. The van der Waals surface area contributed by atoms with Gasteiger partial charge < -0.3 is 0 Å². The number of halogens is 1. The van der Waals surface area contributed by atoms with E-state index in [0.29, 0.717) is 0 Å². The van der Waals surface area contributed by atoms with E-state index in [2.05, 4.69) is 30.3 Å². The molecule has 27 heavy (non-hydrogen) atoms. The molecule has 0 unspecified atom stereocenters. The Kier molecular flexibility index (Phi) is 4.05. The molecule has 1 heterocycles. The summed E-state index contributed by atoms with van der Waals surface area (Å²) in [4.78, 5) is 0. The van der Waals surface area contributed by atoms with Gasteiger partial charge in [0.2, 0.25) is 0 Å². The normalized spacial score (nSPS) is 11.3. The summed E-state index contributed by atoms with van der Waals surface area (Å²) < 4.78 is 22.1. The molecular formula is C24H15FOSe. The van der Waals surface area contributed by atoms with Crippen molar-refractivity contribution < 1.29 is 8.81 Å². The van der Waals surface area contributed by atoms with Crippen molar-refractivity contribution in [3.63, 3.8) is 0 Å². The van der Waals surface area contributed by atoms with Crippen molar-refractivity contribution >= 4 is 45.8 Å². The molecule has 1 nitrogen and oxygen atoms in total. The number of benzene rings is 4. The van der Waals surface area contributed by atoms with Crippen LogP contribution in [-0.2, 0) is 0 Å². The second-order valence-electron chi connectivity index (χ2n) is 6.35. The Morgan fingerprint density at radius 1 is 0.704 bits per heavy atom. The van der Waals surface area contributed by atoms with Gasteiger partial charge in [0.25, 0.3) is 0 Å². The van der Waals surface area contributed by atoms with Crippen molar-refractivity contribution in [1.29, 1.82) is 0 Å². The number of hydrogen-bond donors (Lipinski definition) is 0. The van der Waals surface area contributed by atoms with Gasteiger partial charge in [0, 0.05) is 0 Å². The molecule has 0 saturated carbocycles. The third kappa shape index (κ3) is 2.95. The van der Waals surface area contributed by atoms with Gasteiger partial charge in [-0.25, -0.2) is 0 Å². The van der Waals surface area contributed by atoms with E-state index < -0.39 is 0 Å². The summed E-state index contributed by atoms with van der Waals surface area (Å²) in [6.45, 7) is 0. The van der Waals surface area contributed by atoms with Crippen LogP contribution in [0.3, 0.4) is 0 Å². The standard InChI is InChI=1S/C24H15FOSe/c25-18-13-10-17(11-14-18)22-23-20-9-5-4-6-16(20)12-15-21(23)26-24(22)27-19-7-2-1-3-8-19/h1-15H. The molecule has 0 fully saturated rings. The molecule has 0 aliphatic heterocycles. The van der Waals surface area contributed by atoms with Gasteiger partial charge in [-0.15, -0.1) is 0 Å². The Hall–Kier alpha value is -2.87. The van der Waals surface area contributed by atoms with Crippen molar-refractivity contribution in [3.8, 4) is 11.1 Å². The van der Waals surface area contributed by atoms with E-state index in [1.165, 1.54) is 22.0 Å². The van der Waals surface area contributed by atoms with E-state index >= 15 is 0 Å². The molecule has 0 saturated heterocycles. The summed E-state index contributed by atoms with van der Waals surface area (Å²) in [5.74, 6) is -0.230. The molecule has 5 rings (SSSR count). The number of furan rings is 1. The van der Waals surface area contributed by atoms with Crippen LogP contribution in [0.25, 0.3) is 32.9 Å². The maximum atomic E-state index is 13.5. The molecule has 0 aliphatic carbocycles. The van der Waals surface area contributed by atoms with Gasteiger partial charge in [0.15, 0.2) is 0 Å². The van der Waals surface area contributed by atoms with E-state index in [-0.39, 0.29) is 20.8 Å². The van der Waals surface area contributed by atoms with Crippen molar-refractivity contribution in [2.24, 2.45) is 0 Å². The molecule has 1 aromatic heterocycles. The van der Waals surface area contributed by atoms with Crippen molar-refractivity contribution in [2.45, 2.75) is 0 Å². The van der Waals surface area contributed by atoms with Crippen molar-refractivity contribution in [3.05, 3.63) is 96.8 Å². The second-order valence-corrected chi connectivity index (χ2v) is 8.54. The number of hydrogen-bond acceptors (Lipinski definition) is 1. The zero-order chi connectivity index (χ0) is 18.2. The Morgan fingerprint density at radius 3 is 2.26 bits per heavy atom. The summed E-state index contributed by atoms with van der Waals surface area (Å²) in [6, 6.07) is 29.5. The first-order valence-corrected chi connectivity index (χ1v) is 10.4. The van der Waals surface area contributed by atoms with Crippen molar-refractivity contribution in [1.82, 2.24) is 0 Å². The summed E-state index contributed by atoms with van der Waals surface area (Å²) >= 11 is 0.0190. The molecule has 3 heteroatoms. The first-order valence-electron chi connectivity index (χ1n) is 8.73. The van der Waals surface area contributed by atoms with Gasteiger partial charge in [-0.3, -0.25) is 0 Å². The summed E-state index contributed by atoms with van der Waals surface area (Å²) in [6.07, 6.45) is 0. The van der Waals surface area contributed by atoms with E-state index in [9.17, 15) is 4.39 Å². The predicted octanol–water partition coefficient (Wildman–Crippen LogP) is 5.05.